The van der Waals surface area contributed by atoms with Crippen molar-refractivity contribution in [2.45, 2.75) is 64.6 Å². The summed E-state index contributed by atoms with van der Waals surface area (Å²) >= 11 is 0. The highest BCUT2D eigenvalue weighted by Crippen LogP contribution is 2.23. The predicted octanol–water partition coefficient (Wildman–Crippen LogP) is 1.84. The van der Waals surface area contributed by atoms with Crippen molar-refractivity contribution in [2.24, 2.45) is 0 Å². The minimum absolute atomic E-state index is 0.0616. The highest BCUT2D eigenvalue weighted by Gasteiger charge is 2.32. The maximum absolute atomic E-state index is 12.2. The summed E-state index contributed by atoms with van der Waals surface area (Å²) in [5.41, 5.74) is 0. The highest BCUT2D eigenvalue weighted by atomic mass is 16.5. The third-order valence-corrected chi connectivity index (χ3v) is 3.50. The Labute approximate surface area is 120 Å². The molecule has 1 aliphatic carbocycles. The van der Waals surface area contributed by atoms with Gasteiger partial charge in [0.25, 0.3) is 0 Å². The van der Waals surface area contributed by atoms with Gasteiger partial charge in [0.2, 0.25) is 0 Å². The first kappa shape index (κ1) is 16.8. The van der Waals surface area contributed by atoms with Gasteiger partial charge in [0.1, 0.15) is 0 Å². The predicted molar refractivity (Wildman–Crippen MR) is 75.7 cm³/mol. The number of ether oxygens (including phenoxy) is 1. The number of hydrogen-bond acceptors (Lipinski definition) is 3. The van der Waals surface area contributed by atoms with Gasteiger partial charge in [0.15, 0.2) is 0 Å². The largest absolute Gasteiger partial charge is 0.481 e. The SMILES string of the molecule is CCOC1CC(NC(=O)N(CCCC(=O)O)C(C)C)C1. The lowest BCUT2D eigenvalue weighted by Gasteiger charge is -2.37. The fraction of sp³-hybridized carbons (Fsp3) is 0.857. The molecule has 20 heavy (non-hydrogen) atoms. The van der Waals surface area contributed by atoms with Crippen LogP contribution in [0.15, 0.2) is 0 Å². The van der Waals surface area contributed by atoms with Crippen LogP contribution < -0.4 is 5.32 Å². The Morgan fingerprint density at radius 1 is 1.40 bits per heavy atom. The van der Waals surface area contributed by atoms with Crippen LogP contribution in [0.2, 0.25) is 0 Å². The number of carboxylic acids is 1. The quantitative estimate of drug-likeness (QED) is 0.713. The molecular formula is C14H26N2O4. The van der Waals surface area contributed by atoms with Gasteiger partial charge in [-0.15, -0.1) is 0 Å². The number of nitrogens with one attached hydrogen (secondary N) is 1. The van der Waals surface area contributed by atoms with E-state index >= 15 is 0 Å². The summed E-state index contributed by atoms with van der Waals surface area (Å²) < 4.78 is 5.46. The minimum Gasteiger partial charge on any atom is -0.481 e. The van der Waals surface area contributed by atoms with E-state index in [4.69, 9.17) is 9.84 Å². The molecule has 0 aromatic rings. The first-order chi connectivity index (χ1) is 9.43. The van der Waals surface area contributed by atoms with Gasteiger partial charge >= 0.3 is 12.0 Å². The molecule has 0 bridgehead atoms. The molecule has 6 heteroatoms. The van der Waals surface area contributed by atoms with Crippen molar-refractivity contribution in [1.29, 1.82) is 0 Å². The molecule has 0 aliphatic heterocycles. The summed E-state index contributed by atoms with van der Waals surface area (Å²) in [4.78, 5) is 24.4. The Hall–Kier alpha value is -1.30. The number of amides is 2. The van der Waals surface area contributed by atoms with Gasteiger partial charge in [-0.1, -0.05) is 0 Å². The van der Waals surface area contributed by atoms with Crippen LogP contribution in [0.1, 0.15) is 46.5 Å². The van der Waals surface area contributed by atoms with E-state index in [1.165, 1.54) is 0 Å². The zero-order valence-electron chi connectivity index (χ0n) is 12.6. The second-order valence-corrected chi connectivity index (χ2v) is 5.48. The van der Waals surface area contributed by atoms with Gasteiger partial charge in [-0.3, -0.25) is 4.79 Å². The van der Waals surface area contributed by atoms with E-state index in [-0.39, 0.29) is 30.6 Å². The number of urea groups is 1. The third kappa shape index (κ3) is 5.36. The second kappa shape index (κ2) is 8.09. The lowest BCUT2D eigenvalue weighted by Crippen LogP contribution is -2.53. The van der Waals surface area contributed by atoms with E-state index in [0.717, 1.165) is 12.8 Å². The third-order valence-electron chi connectivity index (χ3n) is 3.50. The molecule has 1 saturated carbocycles. The number of rotatable bonds is 8. The Bertz CT molecular complexity index is 327. The Morgan fingerprint density at radius 2 is 2.05 bits per heavy atom. The molecule has 0 heterocycles. The van der Waals surface area contributed by atoms with E-state index in [1.54, 1.807) is 4.90 Å². The number of nitrogens with zero attached hydrogens (tertiary/aromatic N) is 1. The first-order valence-electron chi connectivity index (χ1n) is 7.34. The molecule has 0 spiro atoms. The smallest absolute Gasteiger partial charge is 0.317 e. The first-order valence-corrected chi connectivity index (χ1v) is 7.34. The van der Waals surface area contributed by atoms with E-state index in [9.17, 15) is 9.59 Å². The lowest BCUT2D eigenvalue weighted by atomic mass is 9.89. The molecule has 2 amide bonds. The number of carboxylic acid groups (broad SMARTS) is 1. The molecule has 0 radical (unpaired) electrons. The number of carbonyl (C=O) groups excluding carboxylic acids is 1. The van der Waals surface area contributed by atoms with Crippen LogP contribution in [-0.4, -0.2) is 53.3 Å². The van der Waals surface area contributed by atoms with Crippen molar-refractivity contribution in [3.05, 3.63) is 0 Å². The molecule has 0 atom stereocenters. The molecule has 116 valence electrons. The van der Waals surface area contributed by atoms with Gasteiger partial charge in [-0.2, -0.15) is 0 Å². The molecule has 0 saturated heterocycles. The van der Waals surface area contributed by atoms with E-state index in [1.807, 2.05) is 20.8 Å². The second-order valence-electron chi connectivity index (χ2n) is 5.48. The number of aliphatic carboxylic acids is 1. The monoisotopic (exact) mass is 286 g/mol. The van der Waals surface area contributed by atoms with Crippen LogP contribution in [0.25, 0.3) is 0 Å². The Balaban J connectivity index is 2.32. The van der Waals surface area contributed by atoms with Crippen molar-refractivity contribution < 1.29 is 19.4 Å². The molecule has 6 nitrogen and oxygen atoms in total. The minimum atomic E-state index is -0.826. The standard InChI is InChI=1S/C14H26N2O4/c1-4-20-12-8-11(9-12)15-14(19)16(10(2)3)7-5-6-13(17)18/h10-12H,4-9H2,1-3H3,(H,15,19)(H,17,18). The van der Waals surface area contributed by atoms with Gasteiger partial charge in [-0.05, 0) is 40.0 Å². The fourth-order valence-electron chi connectivity index (χ4n) is 2.31. The average molecular weight is 286 g/mol. The maximum atomic E-state index is 12.2. The van der Waals surface area contributed by atoms with E-state index < -0.39 is 5.97 Å². The van der Waals surface area contributed by atoms with Crippen LogP contribution in [0.4, 0.5) is 4.79 Å². The lowest BCUT2D eigenvalue weighted by molar-refractivity contribution is -0.137. The summed E-state index contributed by atoms with van der Waals surface area (Å²) in [5.74, 6) is -0.826. The summed E-state index contributed by atoms with van der Waals surface area (Å²) in [7, 11) is 0. The molecule has 0 aromatic carbocycles. The fourth-order valence-corrected chi connectivity index (χ4v) is 2.31. The van der Waals surface area contributed by atoms with Gasteiger partial charge in [0.05, 0.1) is 6.10 Å². The van der Waals surface area contributed by atoms with Gasteiger partial charge in [-0.25, -0.2) is 4.79 Å². The maximum Gasteiger partial charge on any atom is 0.317 e. The summed E-state index contributed by atoms with van der Waals surface area (Å²) in [6.07, 6.45) is 2.56. The topological polar surface area (TPSA) is 78.9 Å². The normalized spacial score (nSPS) is 21.4. The molecule has 0 unspecified atom stereocenters. The molecule has 2 N–H and O–H groups in total. The Morgan fingerprint density at radius 3 is 2.55 bits per heavy atom. The number of hydrogen-bond donors (Lipinski definition) is 2. The molecule has 1 rings (SSSR count). The molecular weight excluding hydrogens is 260 g/mol. The van der Waals surface area contributed by atoms with E-state index in [2.05, 4.69) is 5.32 Å². The highest BCUT2D eigenvalue weighted by molar-refractivity contribution is 5.75. The van der Waals surface area contributed by atoms with Crippen molar-refractivity contribution in [3.8, 4) is 0 Å². The van der Waals surface area contributed by atoms with Gasteiger partial charge < -0.3 is 20.1 Å². The number of carbonyl (C=O) groups is 2. The van der Waals surface area contributed by atoms with Crippen molar-refractivity contribution in [2.75, 3.05) is 13.2 Å². The van der Waals surface area contributed by atoms with Crippen LogP contribution >= 0.6 is 0 Å². The van der Waals surface area contributed by atoms with Crippen molar-refractivity contribution in [3.63, 3.8) is 0 Å². The molecule has 1 aliphatic rings. The van der Waals surface area contributed by atoms with Crippen molar-refractivity contribution in [1.82, 2.24) is 10.2 Å². The van der Waals surface area contributed by atoms with Crippen LogP contribution in [0.3, 0.4) is 0 Å². The summed E-state index contributed by atoms with van der Waals surface area (Å²) in [5, 5.41) is 11.6. The zero-order valence-corrected chi connectivity index (χ0v) is 12.6. The molecule has 0 aromatic heterocycles. The zero-order chi connectivity index (χ0) is 15.1. The van der Waals surface area contributed by atoms with Crippen molar-refractivity contribution >= 4 is 12.0 Å². The van der Waals surface area contributed by atoms with Gasteiger partial charge in [0, 0.05) is 31.7 Å². The van der Waals surface area contributed by atoms with Crippen LogP contribution in [0, 0.1) is 0 Å². The summed E-state index contributed by atoms with van der Waals surface area (Å²) in [6.45, 7) is 7.01. The van der Waals surface area contributed by atoms with Crippen LogP contribution in [-0.2, 0) is 9.53 Å². The van der Waals surface area contributed by atoms with Crippen LogP contribution in [0.5, 0.6) is 0 Å². The molecule has 1 fully saturated rings. The summed E-state index contributed by atoms with van der Waals surface area (Å²) in [6, 6.07) is 0.136. The van der Waals surface area contributed by atoms with E-state index in [0.29, 0.717) is 19.6 Å². The average Bonchev–Trinajstić information content (AvgIpc) is 2.31. The Kier molecular flexibility index (Phi) is 6.78.